The summed E-state index contributed by atoms with van der Waals surface area (Å²) in [5, 5.41) is 0.410. The van der Waals surface area contributed by atoms with Crippen molar-refractivity contribution in [3.8, 4) is 0 Å². The number of hydrogen-bond acceptors (Lipinski definition) is 7. The molecule has 2 saturated heterocycles. The molecule has 30 heavy (non-hydrogen) atoms. The van der Waals surface area contributed by atoms with Crippen molar-refractivity contribution in [2.45, 2.75) is 89.5 Å². The van der Waals surface area contributed by atoms with Crippen LogP contribution in [-0.2, 0) is 24.4 Å². The summed E-state index contributed by atoms with van der Waals surface area (Å²) in [6, 6.07) is 0. The molecule has 0 bridgehead atoms. The molecule has 2 aromatic rings. The number of rotatable bonds is 4. The van der Waals surface area contributed by atoms with Crippen molar-refractivity contribution >= 4 is 31.1 Å². The molecule has 2 aliphatic rings. The van der Waals surface area contributed by atoms with E-state index in [0.29, 0.717) is 22.9 Å². The number of nitrogens with zero attached hydrogens (tertiary/aromatic N) is 4. The maximum Gasteiger partial charge on any atom is 0.192 e. The van der Waals surface area contributed by atoms with E-state index in [0.717, 1.165) is 0 Å². The molecule has 0 N–H and O–H groups in total. The predicted molar refractivity (Wildman–Crippen MR) is 116 cm³/mol. The monoisotopic (exact) mass is 454 g/mol. The summed E-state index contributed by atoms with van der Waals surface area (Å²) < 4.78 is 27.5. The molecule has 4 heterocycles. The Morgan fingerprint density at radius 3 is 2.50 bits per heavy atom. The molecule has 1 unspecified atom stereocenters. The summed E-state index contributed by atoms with van der Waals surface area (Å²) in [4.78, 5) is 12.8. The van der Waals surface area contributed by atoms with Crippen LogP contribution in [-0.4, -0.2) is 58.5 Å². The van der Waals surface area contributed by atoms with E-state index in [1.165, 1.54) is 6.33 Å². The molecule has 4 rings (SSSR count). The van der Waals surface area contributed by atoms with Crippen molar-refractivity contribution in [2.75, 3.05) is 6.61 Å². The van der Waals surface area contributed by atoms with Crippen LogP contribution < -0.4 is 0 Å². The van der Waals surface area contributed by atoms with Crippen LogP contribution in [0.4, 0.5) is 0 Å². The van der Waals surface area contributed by atoms with Crippen LogP contribution in [0.2, 0.25) is 23.3 Å². The van der Waals surface area contributed by atoms with E-state index in [2.05, 4.69) is 48.8 Å². The summed E-state index contributed by atoms with van der Waals surface area (Å²) in [6.07, 6.45) is 2.18. The van der Waals surface area contributed by atoms with Crippen molar-refractivity contribution < 1.29 is 18.6 Å². The minimum Gasteiger partial charge on any atom is -0.414 e. The van der Waals surface area contributed by atoms with Gasteiger partial charge in [-0.1, -0.05) is 32.4 Å². The highest BCUT2D eigenvalue weighted by Gasteiger charge is 2.62. The average molecular weight is 455 g/mol. The van der Waals surface area contributed by atoms with Crippen LogP contribution in [0.5, 0.6) is 0 Å². The lowest BCUT2D eigenvalue weighted by atomic mass is 10.0. The molecular weight excluding hydrogens is 424 g/mol. The zero-order valence-electron chi connectivity index (χ0n) is 18.9. The van der Waals surface area contributed by atoms with Crippen molar-refractivity contribution in [3.63, 3.8) is 0 Å². The van der Waals surface area contributed by atoms with Crippen LogP contribution in [0.25, 0.3) is 11.2 Å². The molecule has 166 valence electrons. The Kier molecular flexibility index (Phi) is 5.12. The summed E-state index contributed by atoms with van der Waals surface area (Å²) >= 11 is 6.21. The third-order valence-corrected chi connectivity index (χ3v) is 11.4. The lowest BCUT2D eigenvalue weighted by molar-refractivity contribution is -0.227. The first kappa shape index (κ1) is 22.1. The summed E-state index contributed by atoms with van der Waals surface area (Å²) in [5.41, 5.74) is 0.238. The second kappa shape index (κ2) is 6.95. The highest BCUT2D eigenvalue weighted by Crippen LogP contribution is 2.48. The van der Waals surface area contributed by atoms with E-state index in [4.69, 9.17) is 30.2 Å². The SMILES string of the molecule is CC1(C)O[C@H]2[C@@H](O1)C(C)(n1cnc3c(Cl)ncnc31)O[C@@H]2CO[Si](C)(C)C(C)(C)C. The van der Waals surface area contributed by atoms with Gasteiger partial charge in [0.05, 0.1) is 12.9 Å². The second-order valence-corrected chi connectivity index (χ2v) is 15.4. The van der Waals surface area contributed by atoms with Crippen molar-refractivity contribution in [1.29, 1.82) is 0 Å². The van der Waals surface area contributed by atoms with Crippen LogP contribution in [0.15, 0.2) is 12.7 Å². The van der Waals surface area contributed by atoms with E-state index < -0.39 is 19.8 Å². The lowest BCUT2D eigenvalue weighted by Gasteiger charge is -2.37. The van der Waals surface area contributed by atoms with Gasteiger partial charge in [0.25, 0.3) is 0 Å². The van der Waals surface area contributed by atoms with Gasteiger partial charge in [0.2, 0.25) is 0 Å². The maximum atomic E-state index is 6.58. The van der Waals surface area contributed by atoms with Gasteiger partial charge in [0.15, 0.2) is 30.6 Å². The molecule has 0 saturated carbocycles. The van der Waals surface area contributed by atoms with Gasteiger partial charge in [-0.25, -0.2) is 15.0 Å². The molecule has 0 amide bonds. The van der Waals surface area contributed by atoms with E-state index in [-0.39, 0.29) is 23.4 Å². The lowest BCUT2D eigenvalue weighted by Crippen LogP contribution is -2.44. The van der Waals surface area contributed by atoms with E-state index >= 15 is 0 Å². The molecule has 0 aliphatic carbocycles. The number of hydrogen-bond donors (Lipinski definition) is 0. The maximum absolute atomic E-state index is 6.58. The van der Waals surface area contributed by atoms with Gasteiger partial charge in [0, 0.05) is 0 Å². The smallest absolute Gasteiger partial charge is 0.192 e. The van der Waals surface area contributed by atoms with Gasteiger partial charge < -0.3 is 18.6 Å². The Labute approximate surface area is 183 Å². The molecule has 2 aromatic heterocycles. The summed E-state index contributed by atoms with van der Waals surface area (Å²) in [7, 11) is -1.95. The van der Waals surface area contributed by atoms with Crippen molar-refractivity contribution in [2.24, 2.45) is 0 Å². The highest BCUT2D eigenvalue weighted by atomic mass is 35.5. The fourth-order valence-corrected chi connectivity index (χ4v) is 5.07. The number of aromatic nitrogens is 4. The number of halogens is 1. The van der Waals surface area contributed by atoms with Crippen LogP contribution >= 0.6 is 11.6 Å². The van der Waals surface area contributed by atoms with Crippen LogP contribution in [0.1, 0.15) is 41.5 Å². The van der Waals surface area contributed by atoms with E-state index in [1.807, 2.05) is 25.3 Å². The zero-order chi connectivity index (χ0) is 22.1. The molecule has 2 fully saturated rings. The molecule has 0 radical (unpaired) electrons. The molecule has 2 aliphatic heterocycles. The van der Waals surface area contributed by atoms with Crippen molar-refractivity contribution in [1.82, 2.24) is 19.5 Å². The summed E-state index contributed by atoms with van der Waals surface area (Å²) in [6.45, 7) is 17.4. The normalized spacial score (nSPS) is 31.4. The molecular formula is C20H31ClN4O4Si. The summed E-state index contributed by atoms with van der Waals surface area (Å²) in [5.74, 6) is -0.724. The van der Waals surface area contributed by atoms with Gasteiger partial charge in [-0.15, -0.1) is 0 Å². The van der Waals surface area contributed by atoms with Gasteiger partial charge in [-0.3, -0.25) is 4.57 Å². The zero-order valence-corrected chi connectivity index (χ0v) is 20.6. The van der Waals surface area contributed by atoms with Crippen LogP contribution in [0, 0.1) is 0 Å². The highest BCUT2D eigenvalue weighted by molar-refractivity contribution is 6.74. The third kappa shape index (κ3) is 3.49. The fraction of sp³-hybridized carbons (Fsp3) is 0.750. The number of ether oxygens (including phenoxy) is 3. The van der Waals surface area contributed by atoms with Gasteiger partial charge in [-0.05, 0) is 38.9 Å². The van der Waals surface area contributed by atoms with Gasteiger partial charge >= 0.3 is 0 Å². The Bertz CT molecular complexity index is 960. The third-order valence-electron chi connectivity index (χ3n) is 6.60. The Balaban J connectivity index is 1.68. The van der Waals surface area contributed by atoms with Crippen LogP contribution in [0.3, 0.4) is 0 Å². The van der Waals surface area contributed by atoms with Gasteiger partial charge in [-0.2, -0.15) is 0 Å². The molecule has 0 aromatic carbocycles. The minimum atomic E-state index is -1.95. The van der Waals surface area contributed by atoms with Gasteiger partial charge in [0.1, 0.15) is 30.2 Å². The number of imidazole rings is 1. The Morgan fingerprint density at radius 2 is 1.83 bits per heavy atom. The quantitative estimate of drug-likeness (QED) is 0.508. The topological polar surface area (TPSA) is 80.5 Å². The Morgan fingerprint density at radius 1 is 1.13 bits per heavy atom. The first-order valence-corrected chi connectivity index (χ1v) is 13.6. The standard InChI is InChI=1S/C20H31ClN4O4Si/c1-18(2,3)30(7,8)26-9-12-14-15(29-19(4,5)28-14)20(6,27-12)25-11-24-13-16(21)22-10-23-17(13)25/h10-12,14-15H,9H2,1-8H3/t12-,14-,15-,20?/m1/s1. The molecule has 0 spiro atoms. The van der Waals surface area contributed by atoms with E-state index in [1.54, 1.807) is 6.33 Å². The van der Waals surface area contributed by atoms with Crippen molar-refractivity contribution in [3.05, 3.63) is 17.8 Å². The molecule has 4 atom stereocenters. The fourth-order valence-electron chi connectivity index (χ4n) is 3.88. The Hall–Kier alpha value is -1.10. The van der Waals surface area contributed by atoms with E-state index in [9.17, 15) is 0 Å². The first-order valence-electron chi connectivity index (χ1n) is 10.3. The average Bonchev–Trinajstić information content (AvgIpc) is 3.25. The predicted octanol–water partition coefficient (Wildman–Crippen LogP) is 4.09. The first-order chi connectivity index (χ1) is 13.8. The number of fused-ring (bicyclic) bond motifs is 2. The minimum absolute atomic E-state index is 0.106. The molecule has 10 heteroatoms. The largest absolute Gasteiger partial charge is 0.414 e. The molecule has 8 nitrogen and oxygen atoms in total. The second-order valence-electron chi connectivity index (χ2n) is 10.3.